The topological polar surface area (TPSA) is 94.3 Å². The van der Waals surface area contributed by atoms with E-state index < -0.39 is 12.0 Å². The molecule has 0 saturated heterocycles. The lowest BCUT2D eigenvalue weighted by Gasteiger charge is -2.02. The first kappa shape index (κ1) is 17.0. The van der Waals surface area contributed by atoms with Crippen molar-refractivity contribution in [1.82, 2.24) is 15.5 Å². The Balaban J connectivity index is 1.95. The van der Waals surface area contributed by atoms with Gasteiger partial charge in [0.05, 0.1) is 12.4 Å². The van der Waals surface area contributed by atoms with E-state index in [2.05, 4.69) is 26.3 Å². The van der Waals surface area contributed by atoms with Gasteiger partial charge in [-0.05, 0) is 32.9 Å². The molecule has 0 aliphatic rings. The quantitative estimate of drug-likeness (QED) is 0.839. The van der Waals surface area contributed by atoms with Gasteiger partial charge in [-0.3, -0.25) is 10.1 Å². The van der Waals surface area contributed by atoms with E-state index in [1.54, 1.807) is 6.92 Å². The molecule has 1 aromatic heterocycles. The number of benzene rings is 1. The van der Waals surface area contributed by atoms with E-state index in [4.69, 9.17) is 4.42 Å². The standard InChI is InChI=1S/C15H17N3O4S/c1-4-21-14(20)16-12(19)8-23-15-18-17-13(22-15)11-6-9(2)5-10(3)7-11/h5-7H,4,8H2,1-3H3,(H,16,19,20). The fourth-order valence-corrected chi connectivity index (χ4v) is 2.49. The normalized spacial score (nSPS) is 10.4. The number of hydrogen-bond acceptors (Lipinski definition) is 7. The van der Waals surface area contributed by atoms with E-state index >= 15 is 0 Å². The highest BCUT2D eigenvalue weighted by Gasteiger charge is 2.13. The molecule has 0 atom stereocenters. The van der Waals surface area contributed by atoms with Gasteiger partial charge in [0.25, 0.3) is 5.22 Å². The summed E-state index contributed by atoms with van der Waals surface area (Å²) in [4.78, 5) is 22.6. The van der Waals surface area contributed by atoms with Gasteiger partial charge in [-0.2, -0.15) is 0 Å². The van der Waals surface area contributed by atoms with Crippen LogP contribution in [0.5, 0.6) is 0 Å². The Hall–Kier alpha value is -2.35. The highest BCUT2D eigenvalue weighted by molar-refractivity contribution is 7.99. The van der Waals surface area contributed by atoms with Crippen molar-refractivity contribution in [2.45, 2.75) is 26.0 Å². The number of carbonyl (C=O) groups is 2. The number of nitrogens with one attached hydrogen (secondary N) is 1. The number of amides is 2. The number of aryl methyl sites for hydroxylation is 2. The van der Waals surface area contributed by atoms with Crippen LogP contribution in [0.3, 0.4) is 0 Å². The third-order valence-corrected chi connectivity index (χ3v) is 3.54. The van der Waals surface area contributed by atoms with Crippen LogP contribution in [-0.2, 0) is 9.53 Å². The maximum Gasteiger partial charge on any atom is 0.413 e. The molecule has 1 N–H and O–H groups in total. The lowest BCUT2D eigenvalue weighted by atomic mass is 10.1. The molecule has 0 spiro atoms. The van der Waals surface area contributed by atoms with Gasteiger partial charge >= 0.3 is 6.09 Å². The summed E-state index contributed by atoms with van der Waals surface area (Å²) in [5.74, 6) is -0.113. The van der Waals surface area contributed by atoms with E-state index in [0.29, 0.717) is 5.89 Å². The minimum atomic E-state index is -0.764. The number of rotatable bonds is 5. The van der Waals surface area contributed by atoms with Crippen molar-refractivity contribution in [3.05, 3.63) is 29.3 Å². The van der Waals surface area contributed by atoms with Gasteiger partial charge < -0.3 is 9.15 Å². The summed E-state index contributed by atoms with van der Waals surface area (Å²) in [6.45, 7) is 5.84. The molecule has 0 bridgehead atoms. The Bertz CT molecular complexity index is 694. The molecule has 7 nitrogen and oxygen atoms in total. The minimum Gasteiger partial charge on any atom is -0.450 e. The summed E-state index contributed by atoms with van der Waals surface area (Å²) >= 11 is 1.05. The molecule has 0 unspecified atom stereocenters. The molecule has 2 aromatic rings. The van der Waals surface area contributed by atoms with Crippen molar-refractivity contribution < 1.29 is 18.7 Å². The molecular weight excluding hydrogens is 318 g/mol. The first-order valence-corrected chi connectivity index (χ1v) is 7.98. The lowest BCUT2D eigenvalue weighted by molar-refractivity contribution is -0.117. The molecule has 2 rings (SSSR count). The number of ether oxygens (including phenoxy) is 1. The average Bonchev–Trinajstić information content (AvgIpc) is 2.93. The number of hydrogen-bond donors (Lipinski definition) is 1. The second-order valence-electron chi connectivity index (χ2n) is 4.81. The van der Waals surface area contributed by atoms with Gasteiger partial charge in [0.2, 0.25) is 11.8 Å². The predicted molar refractivity (Wildman–Crippen MR) is 85.1 cm³/mol. The van der Waals surface area contributed by atoms with Crippen molar-refractivity contribution >= 4 is 23.8 Å². The van der Waals surface area contributed by atoms with Crippen LogP contribution in [0.25, 0.3) is 11.5 Å². The zero-order chi connectivity index (χ0) is 16.8. The third kappa shape index (κ3) is 5.10. The highest BCUT2D eigenvalue weighted by atomic mass is 32.2. The molecule has 2 amide bonds. The smallest absolute Gasteiger partial charge is 0.413 e. The Morgan fingerprint density at radius 1 is 1.22 bits per heavy atom. The van der Waals surface area contributed by atoms with E-state index in [-0.39, 0.29) is 17.6 Å². The minimum absolute atomic E-state index is 0.0205. The van der Waals surface area contributed by atoms with E-state index in [0.717, 1.165) is 28.5 Å². The number of thioether (sulfide) groups is 1. The fraction of sp³-hybridized carbons (Fsp3) is 0.333. The number of alkyl carbamates (subject to hydrolysis) is 1. The number of nitrogens with zero attached hydrogens (tertiary/aromatic N) is 2. The molecular formula is C15H17N3O4S. The summed E-state index contributed by atoms with van der Waals surface area (Å²) in [6, 6.07) is 5.94. The predicted octanol–water partition coefficient (Wildman–Crippen LogP) is 2.72. The largest absolute Gasteiger partial charge is 0.450 e. The molecule has 8 heteroatoms. The van der Waals surface area contributed by atoms with Crippen LogP contribution in [0.2, 0.25) is 0 Å². The van der Waals surface area contributed by atoms with Crippen molar-refractivity contribution in [2.75, 3.05) is 12.4 Å². The van der Waals surface area contributed by atoms with Gasteiger partial charge in [0.15, 0.2) is 0 Å². The fourth-order valence-electron chi connectivity index (χ4n) is 1.93. The Morgan fingerprint density at radius 2 is 1.91 bits per heavy atom. The van der Waals surface area contributed by atoms with Crippen LogP contribution in [0, 0.1) is 13.8 Å². The first-order chi connectivity index (χ1) is 11.0. The zero-order valence-corrected chi connectivity index (χ0v) is 13.9. The highest BCUT2D eigenvalue weighted by Crippen LogP contribution is 2.24. The van der Waals surface area contributed by atoms with Crippen LogP contribution in [0.15, 0.2) is 27.8 Å². The van der Waals surface area contributed by atoms with Gasteiger partial charge in [-0.15, -0.1) is 10.2 Å². The van der Waals surface area contributed by atoms with E-state index in [1.807, 2.05) is 26.0 Å². The molecule has 0 fully saturated rings. The Kier molecular flexibility index (Phi) is 5.75. The summed E-state index contributed by atoms with van der Waals surface area (Å²) in [5.41, 5.74) is 3.03. The van der Waals surface area contributed by atoms with Crippen LogP contribution < -0.4 is 5.32 Å². The lowest BCUT2D eigenvalue weighted by Crippen LogP contribution is -2.32. The zero-order valence-electron chi connectivity index (χ0n) is 13.1. The second-order valence-corrected chi connectivity index (χ2v) is 5.73. The van der Waals surface area contributed by atoms with Crippen LogP contribution in [-0.4, -0.2) is 34.6 Å². The van der Waals surface area contributed by atoms with Crippen molar-refractivity contribution in [3.8, 4) is 11.5 Å². The van der Waals surface area contributed by atoms with Crippen molar-refractivity contribution in [1.29, 1.82) is 0 Å². The van der Waals surface area contributed by atoms with Gasteiger partial charge in [0.1, 0.15) is 0 Å². The summed E-state index contributed by atoms with van der Waals surface area (Å²) in [5, 5.41) is 10.2. The average molecular weight is 335 g/mol. The molecule has 0 radical (unpaired) electrons. The van der Waals surface area contributed by atoms with Crippen LogP contribution in [0.4, 0.5) is 4.79 Å². The molecule has 1 aromatic carbocycles. The maximum absolute atomic E-state index is 11.5. The second kappa shape index (κ2) is 7.77. The summed E-state index contributed by atoms with van der Waals surface area (Å²) in [6.07, 6.45) is -0.764. The molecule has 0 aliphatic carbocycles. The summed E-state index contributed by atoms with van der Waals surface area (Å²) in [7, 11) is 0. The van der Waals surface area contributed by atoms with Crippen molar-refractivity contribution in [3.63, 3.8) is 0 Å². The monoisotopic (exact) mass is 335 g/mol. The van der Waals surface area contributed by atoms with E-state index in [1.165, 1.54) is 0 Å². The third-order valence-electron chi connectivity index (χ3n) is 2.72. The molecule has 122 valence electrons. The van der Waals surface area contributed by atoms with Crippen LogP contribution in [0.1, 0.15) is 18.1 Å². The molecule has 0 aliphatic heterocycles. The van der Waals surface area contributed by atoms with Crippen LogP contribution >= 0.6 is 11.8 Å². The maximum atomic E-state index is 11.5. The SMILES string of the molecule is CCOC(=O)NC(=O)CSc1nnc(-c2cc(C)cc(C)c2)o1. The number of carbonyl (C=O) groups excluding carboxylic acids is 2. The Morgan fingerprint density at radius 3 is 2.57 bits per heavy atom. The number of imide groups is 1. The molecule has 0 saturated carbocycles. The van der Waals surface area contributed by atoms with Gasteiger partial charge in [-0.1, -0.05) is 29.0 Å². The van der Waals surface area contributed by atoms with E-state index in [9.17, 15) is 9.59 Å². The molecule has 1 heterocycles. The van der Waals surface area contributed by atoms with Crippen molar-refractivity contribution in [2.24, 2.45) is 0 Å². The van der Waals surface area contributed by atoms with Gasteiger partial charge in [0, 0.05) is 5.56 Å². The van der Waals surface area contributed by atoms with Gasteiger partial charge in [-0.25, -0.2) is 4.79 Å². The first-order valence-electron chi connectivity index (χ1n) is 6.99. The number of aromatic nitrogens is 2. The Labute approximate surface area is 137 Å². The summed E-state index contributed by atoms with van der Waals surface area (Å²) < 4.78 is 10.1. The molecule has 23 heavy (non-hydrogen) atoms.